The Hall–Kier alpha value is -2.89. The predicted molar refractivity (Wildman–Crippen MR) is 101 cm³/mol. The zero-order valence-electron chi connectivity index (χ0n) is 15.5. The third-order valence-corrected chi connectivity index (χ3v) is 4.15. The molecule has 2 amide bonds. The zero-order valence-corrected chi connectivity index (χ0v) is 15.5. The standard InChI is InChI=1S/C20H25N3O3/c1-4-23(5-2)20(25)18-14-16(11-13-21-18)19(24)22-12-10-15-6-8-17(26-3)9-7-15/h6-9,11,13-14H,4-5,10,12H2,1-3H3,(H,22,24). The molecule has 0 atom stereocenters. The van der Waals surface area contributed by atoms with E-state index in [-0.39, 0.29) is 17.5 Å². The van der Waals surface area contributed by atoms with Crippen LogP contribution in [0.4, 0.5) is 0 Å². The maximum Gasteiger partial charge on any atom is 0.272 e. The molecule has 6 heteroatoms. The molecule has 6 nitrogen and oxygen atoms in total. The molecule has 1 aromatic heterocycles. The molecule has 0 spiro atoms. The number of hydrogen-bond acceptors (Lipinski definition) is 4. The Balaban J connectivity index is 1.94. The maximum atomic E-state index is 12.4. The third kappa shape index (κ3) is 5.05. The Kier molecular flexibility index (Phi) is 7.14. The fraction of sp³-hybridized carbons (Fsp3) is 0.350. The highest BCUT2D eigenvalue weighted by Gasteiger charge is 2.16. The largest absolute Gasteiger partial charge is 0.497 e. The first-order valence-electron chi connectivity index (χ1n) is 8.75. The summed E-state index contributed by atoms with van der Waals surface area (Å²) in [6.45, 7) is 5.55. The van der Waals surface area contributed by atoms with E-state index in [0.29, 0.717) is 31.6 Å². The van der Waals surface area contributed by atoms with Gasteiger partial charge in [-0.25, -0.2) is 0 Å². The van der Waals surface area contributed by atoms with E-state index in [1.165, 1.54) is 6.20 Å². The van der Waals surface area contributed by atoms with Crippen molar-refractivity contribution in [3.8, 4) is 5.75 Å². The van der Waals surface area contributed by atoms with Crippen molar-refractivity contribution in [3.63, 3.8) is 0 Å². The molecular weight excluding hydrogens is 330 g/mol. The Labute approximate surface area is 154 Å². The molecule has 0 aliphatic heterocycles. The van der Waals surface area contributed by atoms with Crippen LogP contribution in [-0.4, -0.2) is 48.4 Å². The average molecular weight is 355 g/mol. The molecular formula is C20H25N3O3. The molecule has 0 saturated carbocycles. The van der Waals surface area contributed by atoms with Crippen LogP contribution in [0.15, 0.2) is 42.6 Å². The van der Waals surface area contributed by atoms with Gasteiger partial charge >= 0.3 is 0 Å². The molecule has 2 aromatic rings. The molecule has 0 saturated heterocycles. The van der Waals surface area contributed by atoms with Gasteiger partial charge in [-0.1, -0.05) is 12.1 Å². The Morgan fingerprint density at radius 3 is 2.42 bits per heavy atom. The van der Waals surface area contributed by atoms with Crippen LogP contribution in [0.1, 0.15) is 40.3 Å². The fourth-order valence-corrected chi connectivity index (χ4v) is 2.58. The lowest BCUT2D eigenvalue weighted by Crippen LogP contribution is -2.31. The van der Waals surface area contributed by atoms with Crippen LogP contribution in [-0.2, 0) is 6.42 Å². The average Bonchev–Trinajstić information content (AvgIpc) is 2.69. The molecule has 0 radical (unpaired) electrons. The highest BCUT2D eigenvalue weighted by molar-refractivity contribution is 5.98. The molecule has 1 heterocycles. The minimum Gasteiger partial charge on any atom is -0.497 e. The number of nitrogens with one attached hydrogen (secondary N) is 1. The van der Waals surface area contributed by atoms with Crippen LogP contribution in [0.2, 0.25) is 0 Å². The zero-order chi connectivity index (χ0) is 18.9. The fourth-order valence-electron chi connectivity index (χ4n) is 2.58. The number of carbonyl (C=O) groups is 2. The molecule has 0 aliphatic carbocycles. The summed E-state index contributed by atoms with van der Waals surface area (Å²) in [5.41, 5.74) is 1.83. The molecule has 26 heavy (non-hydrogen) atoms. The van der Waals surface area contributed by atoms with E-state index in [1.54, 1.807) is 24.1 Å². The monoisotopic (exact) mass is 355 g/mol. The van der Waals surface area contributed by atoms with Gasteiger partial charge in [-0.2, -0.15) is 0 Å². The number of pyridine rings is 1. The first-order chi connectivity index (χ1) is 12.6. The second kappa shape index (κ2) is 9.56. The second-order valence-corrected chi connectivity index (χ2v) is 5.76. The lowest BCUT2D eigenvalue weighted by atomic mass is 10.1. The van der Waals surface area contributed by atoms with Crippen molar-refractivity contribution in [1.82, 2.24) is 15.2 Å². The summed E-state index contributed by atoms with van der Waals surface area (Å²) in [6, 6.07) is 10.9. The van der Waals surface area contributed by atoms with Crippen LogP contribution >= 0.6 is 0 Å². The lowest BCUT2D eigenvalue weighted by molar-refractivity contribution is 0.0767. The number of hydrogen-bond donors (Lipinski definition) is 1. The van der Waals surface area contributed by atoms with Crippen molar-refractivity contribution >= 4 is 11.8 Å². The van der Waals surface area contributed by atoms with Gasteiger partial charge in [-0.15, -0.1) is 0 Å². The lowest BCUT2D eigenvalue weighted by Gasteiger charge is -2.18. The SMILES string of the molecule is CCN(CC)C(=O)c1cc(C(=O)NCCc2ccc(OC)cc2)ccn1. The highest BCUT2D eigenvalue weighted by Crippen LogP contribution is 2.11. The first-order valence-corrected chi connectivity index (χ1v) is 8.75. The number of rotatable bonds is 8. The van der Waals surface area contributed by atoms with Crippen molar-refractivity contribution in [2.45, 2.75) is 20.3 Å². The number of methoxy groups -OCH3 is 1. The van der Waals surface area contributed by atoms with Gasteiger partial charge in [0, 0.05) is 31.4 Å². The Bertz CT molecular complexity index is 740. The van der Waals surface area contributed by atoms with E-state index in [9.17, 15) is 9.59 Å². The molecule has 1 N–H and O–H groups in total. The van der Waals surface area contributed by atoms with E-state index in [1.807, 2.05) is 38.1 Å². The quantitative estimate of drug-likeness (QED) is 0.790. The summed E-state index contributed by atoms with van der Waals surface area (Å²) in [5, 5.41) is 2.88. The van der Waals surface area contributed by atoms with Gasteiger partial charge in [0.15, 0.2) is 0 Å². The predicted octanol–water partition coefficient (Wildman–Crippen LogP) is 2.54. The van der Waals surface area contributed by atoms with E-state index in [2.05, 4.69) is 10.3 Å². The van der Waals surface area contributed by atoms with Gasteiger partial charge in [-0.05, 0) is 50.1 Å². The first kappa shape index (κ1) is 19.4. The van der Waals surface area contributed by atoms with Gasteiger partial charge in [0.2, 0.25) is 0 Å². The van der Waals surface area contributed by atoms with Gasteiger partial charge in [0.1, 0.15) is 11.4 Å². The summed E-state index contributed by atoms with van der Waals surface area (Å²) in [7, 11) is 1.63. The smallest absolute Gasteiger partial charge is 0.272 e. The van der Waals surface area contributed by atoms with Crippen LogP contribution in [0.3, 0.4) is 0 Å². The maximum absolute atomic E-state index is 12.4. The summed E-state index contributed by atoms with van der Waals surface area (Å²) in [4.78, 5) is 30.5. The summed E-state index contributed by atoms with van der Waals surface area (Å²) < 4.78 is 5.13. The second-order valence-electron chi connectivity index (χ2n) is 5.76. The van der Waals surface area contributed by atoms with E-state index in [0.717, 1.165) is 11.3 Å². The van der Waals surface area contributed by atoms with Crippen LogP contribution < -0.4 is 10.1 Å². The van der Waals surface area contributed by atoms with Crippen molar-refractivity contribution in [1.29, 1.82) is 0 Å². The molecule has 0 unspecified atom stereocenters. The minimum absolute atomic E-state index is 0.164. The van der Waals surface area contributed by atoms with Crippen LogP contribution in [0, 0.1) is 0 Å². The number of ether oxygens (including phenoxy) is 1. The van der Waals surface area contributed by atoms with E-state index >= 15 is 0 Å². The molecule has 1 aromatic carbocycles. The number of carbonyl (C=O) groups excluding carboxylic acids is 2. The van der Waals surface area contributed by atoms with Crippen LogP contribution in [0.25, 0.3) is 0 Å². The third-order valence-electron chi connectivity index (χ3n) is 4.15. The molecule has 138 valence electrons. The summed E-state index contributed by atoms with van der Waals surface area (Å²) >= 11 is 0. The minimum atomic E-state index is -0.213. The van der Waals surface area contributed by atoms with E-state index < -0.39 is 0 Å². The number of nitrogens with zero attached hydrogens (tertiary/aromatic N) is 2. The Morgan fingerprint density at radius 1 is 1.12 bits per heavy atom. The molecule has 2 rings (SSSR count). The van der Waals surface area contributed by atoms with Crippen molar-refractivity contribution < 1.29 is 14.3 Å². The normalized spacial score (nSPS) is 10.3. The van der Waals surface area contributed by atoms with Crippen LogP contribution in [0.5, 0.6) is 5.75 Å². The van der Waals surface area contributed by atoms with E-state index in [4.69, 9.17) is 4.74 Å². The van der Waals surface area contributed by atoms with Crippen molar-refractivity contribution in [2.75, 3.05) is 26.7 Å². The van der Waals surface area contributed by atoms with Gasteiger partial charge in [0.25, 0.3) is 11.8 Å². The Morgan fingerprint density at radius 2 is 1.81 bits per heavy atom. The number of benzene rings is 1. The highest BCUT2D eigenvalue weighted by atomic mass is 16.5. The molecule has 0 aliphatic rings. The summed E-state index contributed by atoms with van der Waals surface area (Å²) in [6.07, 6.45) is 2.21. The van der Waals surface area contributed by atoms with Gasteiger partial charge in [-0.3, -0.25) is 14.6 Å². The van der Waals surface area contributed by atoms with Crippen molar-refractivity contribution in [3.05, 3.63) is 59.4 Å². The number of aromatic nitrogens is 1. The molecule has 0 bridgehead atoms. The summed E-state index contributed by atoms with van der Waals surface area (Å²) in [5.74, 6) is 0.428. The topological polar surface area (TPSA) is 71.5 Å². The number of amides is 2. The van der Waals surface area contributed by atoms with Crippen molar-refractivity contribution in [2.24, 2.45) is 0 Å². The van der Waals surface area contributed by atoms with Gasteiger partial charge in [0.05, 0.1) is 7.11 Å². The molecule has 0 fully saturated rings. The van der Waals surface area contributed by atoms with Gasteiger partial charge < -0.3 is 15.0 Å².